The third-order valence-electron chi connectivity index (χ3n) is 3.99. The van der Waals surface area contributed by atoms with Crippen molar-refractivity contribution in [3.8, 4) is 10.6 Å². The van der Waals surface area contributed by atoms with Crippen molar-refractivity contribution in [2.24, 2.45) is 0 Å². The molecule has 2 aromatic carbocycles. The van der Waals surface area contributed by atoms with E-state index in [1.165, 1.54) is 11.3 Å². The highest BCUT2D eigenvalue weighted by atomic mass is 35.5. The summed E-state index contributed by atoms with van der Waals surface area (Å²) in [5.41, 5.74) is 4.93. The number of nitrogens with zero attached hydrogens (tertiary/aromatic N) is 1. The van der Waals surface area contributed by atoms with E-state index in [0.717, 1.165) is 39.5 Å². The van der Waals surface area contributed by atoms with E-state index in [1.807, 2.05) is 54.8 Å². The molecule has 0 unspecified atom stereocenters. The smallest absolute Gasteiger partial charge is 0.230 e. The normalized spacial score (nSPS) is 10.7. The molecule has 0 saturated heterocycles. The number of para-hydroxylation sites is 1. The summed E-state index contributed by atoms with van der Waals surface area (Å²) in [5, 5.41) is 6.57. The van der Waals surface area contributed by atoms with Crippen molar-refractivity contribution in [3.05, 3.63) is 69.7 Å². The molecule has 3 rings (SSSR count). The second kappa shape index (κ2) is 7.81. The fourth-order valence-corrected chi connectivity index (χ4v) is 3.62. The minimum atomic E-state index is -0.0445. The van der Waals surface area contributed by atoms with Crippen molar-refractivity contribution in [2.75, 3.05) is 5.32 Å². The molecule has 0 bridgehead atoms. The second-order valence-electron chi connectivity index (χ2n) is 5.84. The first-order chi connectivity index (χ1) is 12.1. The number of nitrogens with one attached hydrogen (secondary N) is 1. The highest BCUT2D eigenvalue weighted by Crippen LogP contribution is 2.26. The van der Waals surface area contributed by atoms with E-state index >= 15 is 0 Å². The molecule has 1 N–H and O–H groups in total. The van der Waals surface area contributed by atoms with Crippen LogP contribution in [0.2, 0.25) is 5.02 Å². The van der Waals surface area contributed by atoms with Crippen LogP contribution in [0.15, 0.2) is 47.8 Å². The molecule has 0 aliphatic rings. The molecule has 0 saturated carbocycles. The number of aromatic nitrogens is 1. The lowest BCUT2D eigenvalue weighted by atomic mass is 10.1. The quantitative estimate of drug-likeness (QED) is 0.642. The van der Waals surface area contributed by atoms with E-state index in [9.17, 15) is 4.79 Å². The number of anilines is 1. The summed E-state index contributed by atoms with van der Waals surface area (Å²) in [4.78, 5) is 17.0. The zero-order valence-corrected chi connectivity index (χ0v) is 15.7. The van der Waals surface area contributed by atoms with Crippen LogP contribution in [-0.4, -0.2) is 10.9 Å². The zero-order valence-electron chi connectivity index (χ0n) is 14.2. The van der Waals surface area contributed by atoms with Gasteiger partial charge in [0.05, 0.1) is 12.1 Å². The number of carbonyl (C=O) groups excluding carboxylic acids is 1. The highest BCUT2D eigenvalue weighted by Gasteiger charge is 2.12. The molecule has 128 valence electrons. The number of aryl methyl sites for hydroxylation is 2. The monoisotopic (exact) mass is 370 g/mol. The van der Waals surface area contributed by atoms with Crippen LogP contribution in [0.25, 0.3) is 10.6 Å². The molecule has 1 aromatic heterocycles. The van der Waals surface area contributed by atoms with Gasteiger partial charge >= 0.3 is 0 Å². The Balaban J connectivity index is 1.71. The zero-order chi connectivity index (χ0) is 17.8. The van der Waals surface area contributed by atoms with Gasteiger partial charge in [-0.05, 0) is 36.6 Å². The minimum Gasteiger partial charge on any atom is -0.325 e. The average molecular weight is 371 g/mol. The molecule has 0 spiro atoms. The SMILES string of the molecule is CCc1cccc(C)c1NC(=O)Cc1csc(-c2ccc(Cl)cc2)n1. The van der Waals surface area contributed by atoms with Gasteiger partial charge in [-0.3, -0.25) is 4.79 Å². The summed E-state index contributed by atoms with van der Waals surface area (Å²) in [6.07, 6.45) is 1.15. The number of carbonyl (C=O) groups is 1. The highest BCUT2D eigenvalue weighted by molar-refractivity contribution is 7.13. The van der Waals surface area contributed by atoms with E-state index in [-0.39, 0.29) is 12.3 Å². The topological polar surface area (TPSA) is 42.0 Å². The molecule has 5 heteroatoms. The molecule has 0 radical (unpaired) electrons. The first-order valence-corrected chi connectivity index (χ1v) is 9.41. The lowest BCUT2D eigenvalue weighted by molar-refractivity contribution is -0.115. The van der Waals surface area contributed by atoms with Crippen molar-refractivity contribution in [1.82, 2.24) is 4.98 Å². The van der Waals surface area contributed by atoms with Gasteiger partial charge in [0.15, 0.2) is 0 Å². The predicted molar refractivity (Wildman–Crippen MR) is 105 cm³/mol. The number of rotatable bonds is 5. The molecule has 25 heavy (non-hydrogen) atoms. The van der Waals surface area contributed by atoms with E-state index in [2.05, 4.69) is 17.2 Å². The predicted octanol–water partition coefficient (Wildman–Crippen LogP) is 5.52. The van der Waals surface area contributed by atoms with Crippen LogP contribution in [0, 0.1) is 6.92 Å². The molecule has 0 atom stereocenters. The number of hydrogen-bond acceptors (Lipinski definition) is 3. The Labute approximate surface area is 156 Å². The van der Waals surface area contributed by atoms with Crippen LogP contribution in [0.5, 0.6) is 0 Å². The third kappa shape index (κ3) is 4.27. The average Bonchev–Trinajstić information content (AvgIpc) is 3.05. The van der Waals surface area contributed by atoms with E-state index in [0.29, 0.717) is 5.02 Å². The van der Waals surface area contributed by atoms with Crippen LogP contribution in [-0.2, 0) is 17.6 Å². The van der Waals surface area contributed by atoms with Crippen molar-refractivity contribution in [1.29, 1.82) is 0 Å². The largest absolute Gasteiger partial charge is 0.325 e. The maximum atomic E-state index is 12.4. The summed E-state index contributed by atoms with van der Waals surface area (Å²) >= 11 is 7.45. The Morgan fingerprint density at radius 3 is 2.68 bits per heavy atom. The van der Waals surface area contributed by atoms with E-state index < -0.39 is 0 Å². The number of hydrogen-bond donors (Lipinski definition) is 1. The van der Waals surface area contributed by atoms with Gasteiger partial charge in [0, 0.05) is 21.7 Å². The van der Waals surface area contributed by atoms with Crippen LogP contribution >= 0.6 is 22.9 Å². The lowest BCUT2D eigenvalue weighted by Crippen LogP contribution is -2.16. The van der Waals surface area contributed by atoms with Crippen LogP contribution in [0.1, 0.15) is 23.7 Å². The van der Waals surface area contributed by atoms with E-state index in [1.54, 1.807) is 0 Å². The summed E-state index contributed by atoms with van der Waals surface area (Å²) in [6, 6.07) is 13.6. The van der Waals surface area contributed by atoms with Crippen molar-refractivity contribution < 1.29 is 4.79 Å². The Bertz CT molecular complexity index is 887. The summed E-state index contributed by atoms with van der Waals surface area (Å²) < 4.78 is 0. The molecule has 1 amide bonds. The minimum absolute atomic E-state index is 0.0445. The molecule has 3 nitrogen and oxygen atoms in total. The molecule has 0 aliphatic heterocycles. The van der Waals surface area contributed by atoms with Crippen LogP contribution in [0.4, 0.5) is 5.69 Å². The van der Waals surface area contributed by atoms with Gasteiger partial charge in [-0.1, -0.05) is 48.9 Å². The first-order valence-electron chi connectivity index (χ1n) is 8.15. The molecule has 3 aromatic rings. The Kier molecular flexibility index (Phi) is 5.51. The number of halogens is 1. The second-order valence-corrected chi connectivity index (χ2v) is 7.13. The van der Waals surface area contributed by atoms with Crippen molar-refractivity contribution in [3.63, 3.8) is 0 Å². The van der Waals surface area contributed by atoms with Gasteiger partial charge in [0.2, 0.25) is 5.91 Å². The Hall–Kier alpha value is -2.17. The van der Waals surface area contributed by atoms with Gasteiger partial charge in [-0.25, -0.2) is 4.98 Å². The number of amides is 1. The summed E-state index contributed by atoms with van der Waals surface area (Å²) in [7, 11) is 0. The van der Waals surface area contributed by atoms with Gasteiger partial charge < -0.3 is 5.32 Å². The Morgan fingerprint density at radius 2 is 1.96 bits per heavy atom. The number of benzene rings is 2. The number of thiazole rings is 1. The molecule has 0 aliphatic carbocycles. The summed E-state index contributed by atoms with van der Waals surface area (Å²) in [6.45, 7) is 4.10. The van der Waals surface area contributed by atoms with Crippen LogP contribution in [0.3, 0.4) is 0 Å². The Morgan fingerprint density at radius 1 is 1.20 bits per heavy atom. The standard InChI is InChI=1S/C20H19ClN2OS/c1-3-14-6-4-5-13(2)19(14)23-18(24)11-17-12-25-20(22-17)15-7-9-16(21)10-8-15/h4-10,12H,3,11H2,1-2H3,(H,23,24). The fourth-order valence-electron chi connectivity index (χ4n) is 2.66. The molecular weight excluding hydrogens is 352 g/mol. The van der Waals surface area contributed by atoms with Gasteiger partial charge in [0.1, 0.15) is 5.01 Å². The van der Waals surface area contributed by atoms with E-state index in [4.69, 9.17) is 11.6 Å². The maximum absolute atomic E-state index is 12.4. The van der Waals surface area contributed by atoms with Crippen LogP contribution < -0.4 is 5.32 Å². The molecule has 0 fully saturated rings. The van der Waals surface area contributed by atoms with Gasteiger partial charge in [-0.15, -0.1) is 11.3 Å². The van der Waals surface area contributed by atoms with Gasteiger partial charge in [0.25, 0.3) is 0 Å². The lowest BCUT2D eigenvalue weighted by Gasteiger charge is -2.12. The van der Waals surface area contributed by atoms with Crippen molar-refractivity contribution in [2.45, 2.75) is 26.7 Å². The van der Waals surface area contributed by atoms with Gasteiger partial charge in [-0.2, -0.15) is 0 Å². The molecular formula is C20H19ClN2OS. The maximum Gasteiger partial charge on any atom is 0.230 e. The first kappa shape index (κ1) is 17.6. The van der Waals surface area contributed by atoms with Crippen molar-refractivity contribution >= 4 is 34.5 Å². The summed E-state index contributed by atoms with van der Waals surface area (Å²) in [5.74, 6) is -0.0445. The fraction of sp³-hybridized carbons (Fsp3) is 0.200. The third-order valence-corrected chi connectivity index (χ3v) is 5.18. The molecule has 1 heterocycles.